The van der Waals surface area contributed by atoms with E-state index in [1.165, 1.54) is 22.5 Å². The minimum Gasteiger partial charge on any atom is -0.228 e. The second-order valence-electron chi connectivity index (χ2n) is 5.30. The predicted octanol–water partition coefficient (Wildman–Crippen LogP) is 0.527. The maximum absolute atomic E-state index is 13.1. The first-order valence-corrected chi connectivity index (χ1v) is 9.56. The zero-order chi connectivity index (χ0) is 14.5. The minimum absolute atomic E-state index is 0.0324. The summed E-state index contributed by atoms with van der Waals surface area (Å²) in [4.78, 5) is 0. The van der Waals surface area contributed by atoms with E-state index < -0.39 is 37.0 Å². The van der Waals surface area contributed by atoms with Crippen LogP contribution in [-0.4, -0.2) is 44.7 Å². The maximum atomic E-state index is 13.1. The van der Waals surface area contributed by atoms with Crippen LogP contribution >= 0.6 is 0 Å². The SMILES string of the molecule is O=S1(=O)CC2CC1CN2S(=O)(=O)Cc1cccc(F)c1. The van der Waals surface area contributed by atoms with E-state index in [9.17, 15) is 21.2 Å². The van der Waals surface area contributed by atoms with Crippen LogP contribution in [0.2, 0.25) is 0 Å². The fraction of sp³-hybridized carbons (Fsp3) is 0.500. The molecule has 0 aliphatic carbocycles. The third kappa shape index (κ3) is 2.36. The summed E-state index contributed by atoms with van der Waals surface area (Å²) in [7, 11) is -6.73. The Morgan fingerprint density at radius 1 is 1.35 bits per heavy atom. The first-order valence-electron chi connectivity index (χ1n) is 6.23. The number of nitrogens with zero attached hydrogens (tertiary/aromatic N) is 1. The van der Waals surface area contributed by atoms with E-state index >= 15 is 0 Å². The number of rotatable bonds is 3. The third-order valence-corrected chi connectivity index (χ3v) is 7.92. The first-order chi connectivity index (χ1) is 9.28. The lowest BCUT2D eigenvalue weighted by Crippen LogP contribution is -2.44. The van der Waals surface area contributed by atoms with Gasteiger partial charge in [0.2, 0.25) is 10.0 Å². The minimum atomic E-state index is -3.61. The van der Waals surface area contributed by atoms with Crippen LogP contribution in [0.15, 0.2) is 24.3 Å². The Morgan fingerprint density at radius 3 is 2.65 bits per heavy atom. The number of hydrogen-bond acceptors (Lipinski definition) is 4. The average Bonchev–Trinajstić information content (AvgIpc) is 2.83. The largest absolute Gasteiger partial charge is 0.228 e. The molecule has 2 aliphatic rings. The zero-order valence-electron chi connectivity index (χ0n) is 10.6. The number of fused-ring (bicyclic) bond motifs is 2. The molecule has 2 fully saturated rings. The molecule has 1 aromatic rings. The van der Waals surface area contributed by atoms with Gasteiger partial charge in [-0.25, -0.2) is 21.2 Å². The van der Waals surface area contributed by atoms with Crippen LogP contribution in [0.4, 0.5) is 4.39 Å². The summed E-state index contributed by atoms with van der Waals surface area (Å²) in [6.07, 6.45) is 0.380. The molecule has 3 rings (SSSR count). The van der Waals surface area contributed by atoms with Crippen molar-refractivity contribution < 1.29 is 21.2 Å². The van der Waals surface area contributed by atoms with E-state index in [-0.39, 0.29) is 18.1 Å². The normalized spacial score (nSPS) is 28.9. The molecule has 2 saturated heterocycles. The van der Waals surface area contributed by atoms with Gasteiger partial charge in [-0.05, 0) is 24.1 Å². The topological polar surface area (TPSA) is 71.5 Å². The van der Waals surface area contributed by atoms with Crippen molar-refractivity contribution in [3.8, 4) is 0 Å². The van der Waals surface area contributed by atoms with Gasteiger partial charge < -0.3 is 0 Å². The van der Waals surface area contributed by atoms with Crippen LogP contribution < -0.4 is 0 Å². The molecule has 0 amide bonds. The van der Waals surface area contributed by atoms with Gasteiger partial charge in [0.1, 0.15) is 5.82 Å². The van der Waals surface area contributed by atoms with Gasteiger partial charge in [0.15, 0.2) is 9.84 Å². The van der Waals surface area contributed by atoms with E-state index in [2.05, 4.69) is 0 Å². The molecule has 20 heavy (non-hydrogen) atoms. The van der Waals surface area contributed by atoms with Gasteiger partial charge in [0, 0.05) is 12.6 Å². The zero-order valence-corrected chi connectivity index (χ0v) is 12.2. The summed E-state index contributed by atoms with van der Waals surface area (Å²) < 4.78 is 62.3. The summed E-state index contributed by atoms with van der Waals surface area (Å²) in [5, 5.41) is -0.574. The maximum Gasteiger partial charge on any atom is 0.218 e. The molecule has 2 heterocycles. The summed E-state index contributed by atoms with van der Waals surface area (Å²) in [6.45, 7) is 0.0324. The molecule has 0 saturated carbocycles. The second kappa shape index (κ2) is 4.51. The van der Waals surface area contributed by atoms with Crippen LogP contribution in [0, 0.1) is 5.82 Å². The molecule has 0 aromatic heterocycles. The van der Waals surface area contributed by atoms with Crippen LogP contribution in [0.25, 0.3) is 0 Å². The van der Waals surface area contributed by atoms with Crippen LogP contribution in [0.1, 0.15) is 12.0 Å². The van der Waals surface area contributed by atoms with E-state index in [1.54, 1.807) is 6.07 Å². The molecule has 5 nitrogen and oxygen atoms in total. The van der Waals surface area contributed by atoms with Crippen molar-refractivity contribution in [2.24, 2.45) is 0 Å². The van der Waals surface area contributed by atoms with Gasteiger partial charge in [0.05, 0.1) is 16.8 Å². The van der Waals surface area contributed by atoms with Crippen molar-refractivity contribution in [3.63, 3.8) is 0 Å². The lowest BCUT2D eigenvalue weighted by molar-refractivity contribution is 0.402. The van der Waals surface area contributed by atoms with Crippen molar-refractivity contribution >= 4 is 19.9 Å². The highest BCUT2D eigenvalue weighted by molar-refractivity contribution is 7.93. The smallest absolute Gasteiger partial charge is 0.218 e. The summed E-state index contributed by atoms with van der Waals surface area (Å²) in [6, 6.07) is 4.99. The van der Waals surface area contributed by atoms with Crippen LogP contribution in [0.3, 0.4) is 0 Å². The molecule has 2 unspecified atom stereocenters. The van der Waals surface area contributed by atoms with Crippen LogP contribution in [-0.2, 0) is 25.6 Å². The number of sulfonamides is 1. The van der Waals surface area contributed by atoms with Gasteiger partial charge in [-0.3, -0.25) is 0 Å². The molecular formula is C12H14FNO4S2. The lowest BCUT2D eigenvalue weighted by Gasteiger charge is -2.26. The Kier molecular flexibility index (Phi) is 3.15. The Labute approximate surface area is 117 Å². The van der Waals surface area contributed by atoms with Crippen LogP contribution in [0.5, 0.6) is 0 Å². The van der Waals surface area contributed by atoms with E-state index in [0.717, 1.165) is 0 Å². The summed E-state index contributed by atoms with van der Waals surface area (Å²) in [5.74, 6) is -0.878. The molecule has 0 N–H and O–H groups in total. The quantitative estimate of drug-likeness (QED) is 0.815. The molecule has 2 aliphatic heterocycles. The highest BCUT2D eigenvalue weighted by Crippen LogP contribution is 2.35. The second-order valence-corrected chi connectivity index (χ2v) is 9.54. The molecule has 0 spiro atoms. The monoisotopic (exact) mass is 319 g/mol. The highest BCUT2D eigenvalue weighted by atomic mass is 32.2. The number of hydrogen-bond donors (Lipinski definition) is 0. The predicted molar refractivity (Wildman–Crippen MR) is 71.7 cm³/mol. The molecule has 0 radical (unpaired) electrons. The molecule has 8 heteroatoms. The molecule has 1 aromatic carbocycles. The third-order valence-electron chi connectivity index (χ3n) is 3.85. The van der Waals surface area contributed by atoms with Crippen molar-refractivity contribution in [2.45, 2.75) is 23.5 Å². The summed E-state index contributed by atoms with van der Waals surface area (Å²) >= 11 is 0. The van der Waals surface area contributed by atoms with Gasteiger partial charge in [0.25, 0.3) is 0 Å². The Balaban J connectivity index is 1.81. The Hall–Kier alpha value is -0.990. The Bertz CT molecular complexity index is 744. The van der Waals surface area contributed by atoms with Crippen molar-refractivity contribution in [2.75, 3.05) is 12.3 Å². The van der Waals surface area contributed by atoms with Crippen molar-refractivity contribution in [3.05, 3.63) is 35.6 Å². The number of benzene rings is 1. The lowest BCUT2D eigenvalue weighted by atomic mass is 10.2. The van der Waals surface area contributed by atoms with E-state index in [0.29, 0.717) is 12.0 Å². The van der Waals surface area contributed by atoms with E-state index in [1.807, 2.05) is 0 Å². The fourth-order valence-corrected chi connectivity index (χ4v) is 6.93. The van der Waals surface area contributed by atoms with Crippen molar-refractivity contribution in [1.82, 2.24) is 4.31 Å². The van der Waals surface area contributed by atoms with Gasteiger partial charge in [-0.1, -0.05) is 12.1 Å². The molecular weight excluding hydrogens is 305 g/mol. The number of halogens is 1. The van der Waals surface area contributed by atoms with Gasteiger partial charge in [-0.2, -0.15) is 4.31 Å². The average molecular weight is 319 g/mol. The summed E-state index contributed by atoms with van der Waals surface area (Å²) in [5.41, 5.74) is 0.371. The van der Waals surface area contributed by atoms with Gasteiger partial charge in [-0.15, -0.1) is 0 Å². The molecule has 110 valence electrons. The standard InChI is InChI=1S/C12H14FNO4S2/c13-10-3-1-2-9(4-10)7-20(17,18)14-6-12-5-11(14)8-19(12,15)16/h1-4,11-12H,5-8H2. The molecule has 2 bridgehead atoms. The first kappa shape index (κ1) is 14.0. The Morgan fingerprint density at radius 2 is 2.10 bits per heavy atom. The highest BCUT2D eigenvalue weighted by Gasteiger charge is 2.52. The fourth-order valence-electron chi connectivity index (χ4n) is 2.92. The van der Waals surface area contributed by atoms with E-state index in [4.69, 9.17) is 0 Å². The van der Waals surface area contributed by atoms with Gasteiger partial charge >= 0.3 is 0 Å². The molecule has 2 atom stereocenters. The number of sulfone groups is 1. The van der Waals surface area contributed by atoms with Crippen molar-refractivity contribution in [1.29, 1.82) is 0 Å².